The van der Waals surface area contributed by atoms with Crippen molar-refractivity contribution < 1.29 is 4.79 Å². The number of benzene rings is 1. The SMILES string of the molecule is CCCn1nccc1C(=O)c1cc(Br)ccc1C. The van der Waals surface area contributed by atoms with Gasteiger partial charge in [-0.3, -0.25) is 9.48 Å². The van der Waals surface area contributed by atoms with Crippen LogP contribution in [0, 0.1) is 6.92 Å². The van der Waals surface area contributed by atoms with Crippen molar-refractivity contribution in [1.29, 1.82) is 0 Å². The zero-order valence-corrected chi connectivity index (χ0v) is 12.1. The molecular weight excluding hydrogens is 292 g/mol. The van der Waals surface area contributed by atoms with Crippen LogP contribution >= 0.6 is 15.9 Å². The molecule has 0 saturated carbocycles. The van der Waals surface area contributed by atoms with Crippen LogP contribution in [0.1, 0.15) is 35.0 Å². The van der Waals surface area contributed by atoms with Gasteiger partial charge in [0.15, 0.2) is 0 Å². The molecule has 2 aromatic rings. The summed E-state index contributed by atoms with van der Waals surface area (Å²) >= 11 is 3.40. The average Bonchev–Trinajstić information content (AvgIpc) is 2.80. The number of nitrogens with zero attached hydrogens (tertiary/aromatic N) is 2. The second kappa shape index (κ2) is 5.48. The molecule has 0 fully saturated rings. The van der Waals surface area contributed by atoms with Gasteiger partial charge < -0.3 is 0 Å². The molecule has 0 aliphatic rings. The van der Waals surface area contributed by atoms with Crippen molar-refractivity contribution in [3.8, 4) is 0 Å². The quantitative estimate of drug-likeness (QED) is 0.809. The Bertz CT molecular complexity index is 575. The normalized spacial score (nSPS) is 10.6. The van der Waals surface area contributed by atoms with Crippen LogP contribution in [0.4, 0.5) is 0 Å². The Kier molecular flexibility index (Phi) is 3.97. The van der Waals surface area contributed by atoms with Gasteiger partial charge in [0.25, 0.3) is 0 Å². The van der Waals surface area contributed by atoms with Crippen LogP contribution in [-0.2, 0) is 6.54 Å². The molecule has 94 valence electrons. The van der Waals surface area contributed by atoms with E-state index in [-0.39, 0.29) is 5.78 Å². The van der Waals surface area contributed by atoms with Gasteiger partial charge in [-0.1, -0.05) is 28.9 Å². The Labute approximate surface area is 115 Å². The summed E-state index contributed by atoms with van der Waals surface area (Å²) in [6.45, 7) is 4.78. The average molecular weight is 307 g/mol. The molecule has 0 N–H and O–H groups in total. The lowest BCUT2D eigenvalue weighted by atomic mass is 10.0. The maximum Gasteiger partial charge on any atom is 0.211 e. The summed E-state index contributed by atoms with van der Waals surface area (Å²) in [4.78, 5) is 12.5. The summed E-state index contributed by atoms with van der Waals surface area (Å²) in [6, 6.07) is 7.52. The number of carbonyl (C=O) groups is 1. The van der Waals surface area contributed by atoms with Gasteiger partial charge in [-0.2, -0.15) is 5.10 Å². The molecule has 0 aliphatic heterocycles. The fourth-order valence-corrected chi connectivity index (χ4v) is 2.25. The Morgan fingerprint density at radius 1 is 1.39 bits per heavy atom. The highest BCUT2D eigenvalue weighted by Gasteiger charge is 2.16. The van der Waals surface area contributed by atoms with E-state index in [4.69, 9.17) is 0 Å². The summed E-state index contributed by atoms with van der Waals surface area (Å²) in [6.07, 6.45) is 2.63. The van der Waals surface area contributed by atoms with Gasteiger partial charge in [-0.05, 0) is 37.1 Å². The van der Waals surface area contributed by atoms with Gasteiger partial charge in [0.05, 0.1) is 0 Å². The van der Waals surface area contributed by atoms with Crippen LogP contribution in [0.3, 0.4) is 0 Å². The van der Waals surface area contributed by atoms with Gasteiger partial charge in [-0.15, -0.1) is 0 Å². The largest absolute Gasteiger partial charge is 0.287 e. The Morgan fingerprint density at radius 2 is 2.17 bits per heavy atom. The third-order valence-corrected chi connectivity index (χ3v) is 3.32. The number of hydrogen-bond acceptors (Lipinski definition) is 2. The number of halogens is 1. The molecule has 0 radical (unpaired) electrons. The van der Waals surface area contributed by atoms with Crippen molar-refractivity contribution >= 4 is 21.7 Å². The maximum absolute atomic E-state index is 12.5. The highest BCUT2D eigenvalue weighted by molar-refractivity contribution is 9.10. The van der Waals surface area contributed by atoms with Crippen molar-refractivity contribution in [1.82, 2.24) is 9.78 Å². The topological polar surface area (TPSA) is 34.9 Å². The van der Waals surface area contributed by atoms with Crippen LogP contribution in [0.25, 0.3) is 0 Å². The van der Waals surface area contributed by atoms with Gasteiger partial charge in [0.1, 0.15) is 5.69 Å². The summed E-state index contributed by atoms with van der Waals surface area (Å²) in [5, 5.41) is 4.19. The van der Waals surface area contributed by atoms with Crippen molar-refractivity contribution in [2.75, 3.05) is 0 Å². The maximum atomic E-state index is 12.5. The monoisotopic (exact) mass is 306 g/mol. The van der Waals surface area contributed by atoms with E-state index in [2.05, 4.69) is 28.0 Å². The predicted octanol–water partition coefficient (Wildman–Crippen LogP) is 3.60. The second-order valence-electron chi connectivity index (χ2n) is 4.23. The van der Waals surface area contributed by atoms with Crippen molar-refractivity contribution in [2.24, 2.45) is 0 Å². The highest BCUT2D eigenvalue weighted by Crippen LogP contribution is 2.19. The molecule has 0 spiro atoms. The molecule has 4 heteroatoms. The Morgan fingerprint density at radius 3 is 2.89 bits per heavy atom. The molecule has 0 amide bonds. The molecule has 0 aliphatic carbocycles. The lowest BCUT2D eigenvalue weighted by Gasteiger charge is -2.08. The summed E-state index contributed by atoms with van der Waals surface area (Å²) in [5.41, 5.74) is 2.35. The molecule has 2 rings (SSSR count). The molecule has 3 nitrogen and oxygen atoms in total. The van der Waals surface area contributed by atoms with Crippen LogP contribution in [0.15, 0.2) is 34.9 Å². The predicted molar refractivity (Wildman–Crippen MR) is 74.8 cm³/mol. The Hall–Kier alpha value is -1.42. The molecule has 1 heterocycles. The molecule has 1 aromatic carbocycles. The minimum Gasteiger partial charge on any atom is -0.287 e. The molecule has 0 saturated heterocycles. The van der Waals surface area contributed by atoms with Crippen molar-refractivity contribution in [3.63, 3.8) is 0 Å². The number of aromatic nitrogens is 2. The minimum absolute atomic E-state index is 0.0275. The first-order valence-electron chi connectivity index (χ1n) is 5.96. The fourth-order valence-electron chi connectivity index (χ4n) is 1.89. The highest BCUT2D eigenvalue weighted by atomic mass is 79.9. The van der Waals surface area contributed by atoms with E-state index in [0.717, 1.165) is 28.6 Å². The molecule has 0 atom stereocenters. The van der Waals surface area contributed by atoms with Gasteiger partial charge in [0.2, 0.25) is 5.78 Å². The smallest absolute Gasteiger partial charge is 0.211 e. The standard InChI is InChI=1S/C14H15BrN2O/c1-3-8-17-13(6-7-16-17)14(18)12-9-11(15)5-4-10(12)2/h4-7,9H,3,8H2,1-2H3. The number of aryl methyl sites for hydroxylation is 2. The van der Waals surface area contributed by atoms with Crippen LogP contribution < -0.4 is 0 Å². The second-order valence-corrected chi connectivity index (χ2v) is 5.14. The molecule has 0 unspecified atom stereocenters. The van der Waals surface area contributed by atoms with E-state index in [1.807, 2.05) is 25.1 Å². The third-order valence-electron chi connectivity index (χ3n) is 2.83. The first-order valence-corrected chi connectivity index (χ1v) is 6.75. The van der Waals surface area contributed by atoms with Crippen LogP contribution in [0.2, 0.25) is 0 Å². The third kappa shape index (κ3) is 2.53. The lowest BCUT2D eigenvalue weighted by molar-refractivity contribution is 0.102. The summed E-state index contributed by atoms with van der Waals surface area (Å²) < 4.78 is 2.68. The summed E-state index contributed by atoms with van der Waals surface area (Å²) in [7, 11) is 0. The van der Waals surface area contributed by atoms with E-state index < -0.39 is 0 Å². The molecular formula is C14H15BrN2O. The zero-order chi connectivity index (χ0) is 13.1. The van der Waals surface area contributed by atoms with E-state index in [9.17, 15) is 4.79 Å². The number of hydrogen-bond donors (Lipinski definition) is 0. The first-order chi connectivity index (χ1) is 8.63. The van der Waals surface area contributed by atoms with Crippen LogP contribution in [0.5, 0.6) is 0 Å². The van der Waals surface area contributed by atoms with Gasteiger partial charge in [0, 0.05) is 22.8 Å². The van der Waals surface area contributed by atoms with E-state index in [0.29, 0.717) is 5.69 Å². The first kappa shape index (κ1) is 13.0. The molecule has 18 heavy (non-hydrogen) atoms. The lowest BCUT2D eigenvalue weighted by Crippen LogP contribution is -2.12. The van der Waals surface area contributed by atoms with Crippen LogP contribution in [-0.4, -0.2) is 15.6 Å². The van der Waals surface area contributed by atoms with E-state index in [1.54, 1.807) is 16.9 Å². The number of ketones is 1. The summed E-state index contributed by atoms with van der Waals surface area (Å²) in [5.74, 6) is 0.0275. The zero-order valence-electron chi connectivity index (χ0n) is 10.5. The molecule has 0 bridgehead atoms. The van der Waals surface area contributed by atoms with Gasteiger partial charge in [-0.25, -0.2) is 0 Å². The van der Waals surface area contributed by atoms with E-state index >= 15 is 0 Å². The fraction of sp³-hybridized carbons (Fsp3) is 0.286. The molecule has 1 aromatic heterocycles. The Balaban J connectivity index is 2.41. The van der Waals surface area contributed by atoms with Crippen molar-refractivity contribution in [2.45, 2.75) is 26.8 Å². The number of rotatable bonds is 4. The van der Waals surface area contributed by atoms with Gasteiger partial charge >= 0.3 is 0 Å². The van der Waals surface area contributed by atoms with Crippen molar-refractivity contribution in [3.05, 3.63) is 51.8 Å². The van der Waals surface area contributed by atoms with E-state index in [1.165, 1.54) is 0 Å². The number of carbonyl (C=O) groups excluding carboxylic acids is 1. The minimum atomic E-state index is 0.0275.